The number of carbonyl (C=O) groups is 1. The quantitative estimate of drug-likeness (QED) is 0.710. The van der Waals surface area contributed by atoms with Gasteiger partial charge in [0.2, 0.25) is 0 Å². The maximum absolute atomic E-state index is 11.0. The Hall–Kier alpha value is -0.950. The summed E-state index contributed by atoms with van der Waals surface area (Å²) in [4.78, 5) is 24.0. The van der Waals surface area contributed by atoms with Gasteiger partial charge in [0.1, 0.15) is 5.82 Å². The summed E-state index contributed by atoms with van der Waals surface area (Å²) in [5.74, 6) is -0.436. The van der Waals surface area contributed by atoms with Crippen molar-refractivity contribution in [3.8, 4) is 0 Å². The van der Waals surface area contributed by atoms with Crippen LogP contribution in [0.3, 0.4) is 0 Å². The van der Waals surface area contributed by atoms with Crippen LogP contribution in [0.15, 0.2) is 18.3 Å². The molecule has 138 valence electrons. The molecule has 5 nitrogen and oxygen atoms in total. The van der Waals surface area contributed by atoms with E-state index in [4.69, 9.17) is 4.98 Å². The van der Waals surface area contributed by atoms with E-state index in [1.165, 1.54) is 16.8 Å². The molecule has 0 spiro atoms. The van der Waals surface area contributed by atoms with E-state index in [1.54, 1.807) is 23.5 Å². The number of aromatic carboxylic acids is 1. The van der Waals surface area contributed by atoms with Crippen molar-refractivity contribution in [2.75, 3.05) is 4.90 Å². The first-order valence-corrected chi connectivity index (χ1v) is 9.99. The minimum Gasteiger partial charge on any atom is -0.545 e. The molecule has 2 aromatic rings. The van der Waals surface area contributed by atoms with E-state index in [0.717, 1.165) is 36.6 Å². The van der Waals surface area contributed by atoms with E-state index >= 15 is 0 Å². The monoisotopic (exact) mass is 393 g/mol. The summed E-state index contributed by atoms with van der Waals surface area (Å²) in [5, 5.41) is 12.0. The molecule has 0 atom stereocenters. The van der Waals surface area contributed by atoms with Crippen LogP contribution in [0, 0.1) is 0 Å². The second-order valence-electron chi connectivity index (χ2n) is 8.74. The van der Waals surface area contributed by atoms with Gasteiger partial charge < -0.3 is 9.90 Å². The number of rotatable bonds is 4. The predicted molar refractivity (Wildman–Crippen MR) is 101 cm³/mol. The van der Waals surface area contributed by atoms with Crippen molar-refractivity contribution in [1.82, 2.24) is 9.97 Å². The summed E-state index contributed by atoms with van der Waals surface area (Å²) in [7, 11) is 0. The molecule has 2 heterocycles. The SMILES string of the molecule is CC1(C)CCC(C)(C)c2sc(N(c3ccc(C(=O)[O-])cn3)C3CC3)nc21.[Na+]. The van der Waals surface area contributed by atoms with Gasteiger partial charge in [0.05, 0.1) is 11.7 Å². The molecule has 0 radical (unpaired) electrons. The molecule has 2 aromatic heterocycles. The Kier molecular flexibility index (Phi) is 5.49. The van der Waals surface area contributed by atoms with Gasteiger partial charge in [0.15, 0.2) is 5.13 Å². The number of carbonyl (C=O) groups excluding carboxylic acids is 1. The number of hydrogen-bond donors (Lipinski definition) is 0. The van der Waals surface area contributed by atoms with Crippen LogP contribution in [-0.2, 0) is 10.8 Å². The summed E-state index contributed by atoms with van der Waals surface area (Å²) in [5.41, 5.74) is 1.54. The third-order valence-corrected chi connectivity index (χ3v) is 7.02. The zero-order valence-corrected chi connectivity index (χ0v) is 19.5. The van der Waals surface area contributed by atoms with Crippen LogP contribution in [0.2, 0.25) is 0 Å². The molecule has 0 unspecified atom stereocenters. The Morgan fingerprint density at radius 1 is 1.19 bits per heavy atom. The number of anilines is 2. The first-order chi connectivity index (χ1) is 12.2. The molecule has 27 heavy (non-hydrogen) atoms. The molecule has 0 amide bonds. The molecule has 0 saturated heterocycles. The number of hydrogen-bond acceptors (Lipinski definition) is 6. The van der Waals surface area contributed by atoms with Crippen LogP contribution >= 0.6 is 11.3 Å². The van der Waals surface area contributed by atoms with Gasteiger partial charge in [-0.2, -0.15) is 0 Å². The van der Waals surface area contributed by atoms with Crippen molar-refractivity contribution in [3.05, 3.63) is 34.5 Å². The molecule has 0 N–H and O–H groups in total. The van der Waals surface area contributed by atoms with Crippen LogP contribution in [0.5, 0.6) is 0 Å². The molecule has 0 aliphatic heterocycles. The van der Waals surface area contributed by atoms with E-state index < -0.39 is 5.97 Å². The number of carboxylic acid groups (broad SMARTS) is 1. The van der Waals surface area contributed by atoms with Crippen molar-refractivity contribution in [2.24, 2.45) is 0 Å². The molecule has 2 aliphatic rings. The summed E-state index contributed by atoms with van der Waals surface area (Å²) in [6, 6.07) is 3.73. The van der Waals surface area contributed by atoms with Gasteiger partial charge in [-0.25, -0.2) is 9.97 Å². The van der Waals surface area contributed by atoms with Crippen LogP contribution in [0.25, 0.3) is 0 Å². The van der Waals surface area contributed by atoms with Crippen molar-refractivity contribution < 1.29 is 39.5 Å². The van der Waals surface area contributed by atoms with Gasteiger partial charge in [0.25, 0.3) is 0 Å². The predicted octanol–water partition coefficient (Wildman–Crippen LogP) is 0.555. The largest absolute Gasteiger partial charge is 1.00 e. The van der Waals surface area contributed by atoms with Crippen molar-refractivity contribution in [3.63, 3.8) is 0 Å². The van der Waals surface area contributed by atoms with Gasteiger partial charge in [0, 0.05) is 33.5 Å². The average Bonchev–Trinajstić information content (AvgIpc) is 3.29. The third-order valence-electron chi connectivity index (χ3n) is 5.60. The Balaban J connectivity index is 0.00000210. The Morgan fingerprint density at radius 3 is 2.37 bits per heavy atom. The second-order valence-corrected chi connectivity index (χ2v) is 9.71. The molecule has 1 saturated carbocycles. The van der Waals surface area contributed by atoms with Crippen molar-refractivity contribution in [1.29, 1.82) is 0 Å². The molecule has 0 bridgehead atoms. The molecule has 1 fully saturated rings. The maximum Gasteiger partial charge on any atom is 1.00 e. The summed E-state index contributed by atoms with van der Waals surface area (Å²) in [6.07, 6.45) is 5.90. The molecule has 7 heteroatoms. The fourth-order valence-electron chi connectivity index (χ4n) is 3.61. The van der Waals surface area contributed by atoms with Crippen LogP contribution < -0.4 is 39.6 Å². The van der Waals surface area contributed by atoms with Gasteiger partial charge in [-0.1, -0.05) is 27.7 Å². The zero-order valence-electron chi connectivity index (χ0n) is 16.7. The van der Waals surface area contributed by atoms with Gasteiger partial charge in [-0.15, -0.1) is 11.3 Å². The second kappa shape index (κ2) is 7.14. The minimum atomic E-state index is -1.20. The number of fused-ring (bicyclic) bond motifs is 1. The van der Waals surface area contributed by atoms with E-state index in [2.05, 4.69) is 37.6 Å². The smallest absolute Gasteiger partial charge is 0.545 e. The molecular formula is C20H24N3NaO2S. The number of carboxylic acids is 1. The van der Waals surface area contributed by atoms with Crippen LogP contribution in [-0.4, -0.2) is 22.0 Å². The fraction of sp³-hybridized carbons (Fsp3) is 0.550. The maximum atomic E-state index is 11.0. The first kappa shape index (κ1) is 20.8. The van der Waals surface area contributed by atoms with Crippen LogP contribution in [0.4, 0.5) is 10.9 Å². The topological polar surface area (TPSA) is 69.2 Å². The molecule has 2 aliphatic carbocycles. The number of nitrogens with zero attached hydrogens (tertiary/aromatic N) is 3. The van der Waals surface area contributed by atoms with E-state index in [9.17, 15) is 9.90 Å². The van der Waals surface area contributed by atoms with E-state index in [0.29, 0.717) is 6.04 Å². The molecule has 0 aromatic carbocycles. The molecule has 4 rings (SSSR count). The Bertz CT molecular complexity index is 823. The van der Waals surface area contributed by atoms with E-state index in [-0.39, 0.29) is 46.0 Å². The van der Waals surface area contributed by atoms with Crippen LogP contribution in [0.1, 0.15) is 74.3 Å². The fourth-order valence-corrected chi connectivity index (χ4v) is 5.07. The summed E-state index contributed by atoms with van der Waals surface area (Å²) >= 11 is 1.77. The Labute approximate surface area is 186 Å². The Morgan fingerprint density at radius 2 is 1.85 bits per heavy atom. The number of pyridine rings is 1. The third kappa shape index (κ3) is 3.82. The summed E-state index contributed by atoms with van der Waals surface area (Å²) in [6.45, 7) is 9.16. The normalized spacial score (nSPS) is 19.7. The molecular weight excluding hydrogens is 369 g/mol. The first-order valence-electron chi connectivity index (χ1n) is 9.17. The standard InChI is InChI=1S/C20H25N3O2S.Na/c1-19(2)9-10-20(3,4)16-15(19)22-18(26-16)23(13-6-7-13)14-8-5-12(11-21-14)17(24)25;/h5,8,11,13H,6-7,9-10H2,1-4H3,(H,24,25);/q;+1/p-1. The van der Waals surface area contributed by atoms with Gasteiger partial charge in [-0.3, -0.25) is 4.90 Å². The zero-order chi connectivity index (χ0) is 18.7. The number of aromatic nitrogens is 2. The van der Waals surface area contributed by atoms with Crippen molar-refractivity contribution in [2.45, 2.75) is 70.3 Å². The van der Waals surface area contributed by atoms with Gasteiger partial charge >= 0.3 is 29.6 Å². The number of thiazole rings is 1. The minimum absolute atomic E-state index is 0. The van der Waals surface area contributed by atoms with Crippen molar-refractivity contribution >= 4 is 28.3 Å². The van der Waals surface area contributed by atoms with Gasteiger partial charge in [-0.05, 0) is 37.8 Å². The average molecular weight is 393 g/mol. The van der Waals surface area contributed by atoms with E-state index in [1.807, 2.05) is 0 Å². The summed E-state index contributed by atoms with van der Waals surface area (Å²) < 4.78 is 0.